The van der Waals surface area contributed by atoms with Crippen molar-refractivity contribution in [3.05, 3.63) is 64.7 Å². The van der Waals surface area contributed by atoms with Crippen LogP contribution in [0.1, 0.15) is 17.5 Å². The van der Waals surface area contributed by atoms with E-state index in [1.807, 2.05) is 49.4 Å². The number of anilines is 1. The molecule has 3 rings (SSSR count). The highest BCUT2D eigenvalue weighted by Gasteiger charge is 2.31. The highest BCUT2D eigenvalue weighted by Crippen LogP contribution is 2.22. The van der Waals surface area contributed by atoms with Crippen LogP contribution in [0.5, 0.6) is 0 Å². The summed E-state index contributed by atoms with van der Waals surface area (Å²) in [6, 6.07) is 14.9. The van der Waals surface area contributed by atoms with Gasteiger partial charge in [0.2, 0.25) is 11.8 Å². The lowest BCUT2D eigenvalue weighted by Gasteiger charge is -2.17. The molecule has 2 amide bonds. The van der Waals surface area contributed by atoms with Gasteiger partial charge in [0.25, 0.3) is 0 Å². The second-order valence-electron chi connectivity index (χ2n) is 6.08. The standard InChI is InChI=1S/C19H19ClN2O2/c1-13-6-8-16(9-7-13)22-12-15(11-19(22)24)21-18(23)10-14-4-2-3-5-17(14)20/h2-9,15H,10-12H2,1H3,(H,21,23). The van der Waals surface area contributed by atoms with Crippen molar-refractivity contribution >= 4 is 29.1 Å². The average molecular weight is 343 g/mol. The lowest BCUT2D eigenvalue weighted by Crippen LogP contribution is -2.38. The molecule has 1 N–H and O–H groups in total. The van der Waals surface area contributed by atoms with Crippen LogP contribution in [0.3, 0.4) is 0 Å². The zero-order valence-corrected chi connectivity index (χ0v) is 14.2. The third-order valence-corrected chi connectivity index (χ3v) is 4.51. The van der Waals surface area contributed by atoms with Gasteiger partial charge in [-0.1, -0.05) is 47.5 Å². The van der Waals surface area contributed by atoms with E-state index in [9.17, 15) is 9.59 Å². The van der Waals surface area contributed by atoms with Crippen LogP contribution in [0.2, 0.25) is 5.02 Å². The van der Waals surface area contributed by atoms with Gasteiger partial charge in [-0.05, 0) is 30.7 Å². The van der Waals surface area contributed by atoms with E-state index >= 15 is 0 Å². The van der Waals surface area contributed by atoms with Gasteiger partial charge >= 0.3 is 0 Å². The first-order valence-electron chi connectivity index (χ1n) is 7.93. The summed E-state index contributed by atoms with van der Waals surface area (Å²) in [4.78, 5) is 26.2. The summed E-state index contributed by atoms with van der Waals surface area (Å²) in [7, 11) is 0. The van der Waals surface area contributed by atoms with Gasteiger partial charge in [-0.3, -0.25) is 9.59 Å². The highest BCUT2D eigenvalue weighted by atomic mass is 35.5. The maximum Gasteiger partial charge on any atom is 0.229 e. The summed E-state index contributed by atoms with van der Waals surface area (Å²) < 4.78 is 0. The Bertz CT molecular complexity index is 758. The maximum absolute atomic E-state index is 12.2. The Morgan fingerprint density at radius 2 is 1.92 bits per heavy atom. The van der Waals surface area contributed by atoms with Crippen LogP contribution in [0.25, 0.3) is 0 Å². The number of rotatable bonds is 4. The molecule has 0 radical (unpaired) electrons. The maximum atomic E-state index is 12.2. The third-order valence-electron chi connectivity index (χ3n) is 4.14. The summed E-state index contributed by atoms with van der Waals surface area (Å²) in [6.45, 7) is 2.50. The molecule has 4 nitrogen and oxygen atoms in total. The van der Waals surface area contributed by atoms with Crippen molar-refractivity contribution in [3.8, 4) is 0 Å². The van der Waals surface area contributed by atoms with E-state index in [-0.39, 0.29) is 24.3 Å². The molecule has 0 aromatic heterocycles. The molecule has 0 bridgehead atoms. The van der Waals surface area contributed by atoms with E-state index in [2.05, 4.69) is 5.32 Å². The topological polar surface area (TPSA) is 49.4 Å². The molecule has 1 aliphatic rings. The summed E-state index contributed by atoms with van der Waals surface area (Å²) in [5, 5.41) is 3.52. The van der Waals surface area contributed by atoms with Crippen molar-refractivity contribution < 1.29 is 9.59 Å². The number of carbonyl (C=O) groups is 2. The molecule has 124 valence electrons. The van der Waals surface area contributed by atoms with E-state index in [4.69, 9.17) is 11.6 Å². The molecular formula is C19H19ClN2O2. The van der Waals surface area contributed by atoms with Crippen LogP contribution < -0.4 is 10.2 Å². The van der Waals surface area contributed by atoms with E-state index in [1.165, 1.54) is 0 Å². The summed E-state index contributed by atoms with van der Waals surface area (Å²) in [6.07, 6.45) is 0.539. The highest BCUT2D eigenvalue weighted by molar-refractivity contribution is 6.31. The van der Waals surface area contributed by atoms with Crippen LogP contribution in [-0.2, 0) is 16.0 Å². The van der Waals surface area contributed by atoms with Crippen LogP contribution in [0.4, 0.5) is 5.69 Å². The number of nitrogens with zero attached hydrogens (tertiary/aromatic N) is 1. The number of nitrogens with one attached hydrogen (secondary N) is 1. The minimum Gasteiger partial charge on any atom is -0.351 e. The third kappa shape index (κ3) is 3.77. The van der Waals surface area contributed by atoms with E-state index < -0.39 is 0 Å². The van der Waals surface area contributed by atoms with Crippen LogP contribution in [-0.4, -0.2) is 24.4 Å². The summed E-state index contributed by atoms with van der Waals surface area (Å²) >= 11 is 6.08. The van der Waals surface area contributed by atoms with Gasteiger partial charge in [0.05, 0.1) is 12.5 Å². The summed E-state index contributed by atoms with van der Waals surface area (Å²) in [5.41, 5.74) is 2.81. The number of halogens is 1. The Hall–Kier alpha value is -2.33. The first kappa shape index (κ1) is 16.5. The van der Waals surface area contributed by atoms with Crippen LogP contribution in [0, 0.1) is 6.92 Å². The molecule has 2 aromatic carbocycles. The van der Waals surface area contributed by atoms with Crippen LogP contribution in [0.15, 0.2) is 48.5 Å². The molecule has 1 aliphatic heterocycles. The lowest BCUT2D eigenvalue weighted by atomic mass is 10.1. The smallest absolute Gasteiger partial charge is 0.229 e. The van der Waals surface area contributed by atoms with Gasteiger partial charge in [0.15, 0.2) is 0 Å². The van der Waals surface area contributed by atoms with Gasteiger partial charge in [0.1, 0.15) is 0 Å². The molecule has 1 saturated heterocycles. The van der Waals surface area contributed by atoms with E-state index in [0.29, 0.717) is 18.0 Å². The lowest BCUT2D eigenvalue weighted by molar-refractivity contribution is -0.121. The van der Waals surface area contributed by atoms with Gasteiger partial charge in [0, 0.05) is 23.7 Å². The molecule has 24 heavy (non-hydrogen) atoms. The number of hydrogen-bond acceptors (Lipinski definition) is 2. The molecule has 0 saturated carbocycles. The minimum atomic E-state index is -0.172. The second-order valence-corrected chi connectivity index (χ2v) is 6.48. The number of carbonyl (C=O) groups excluding carboxylic acids is 2. The summed E-state index contributed by atoms with van der Waals surface area (Å²) in [5.74, 6) is -0.0893. The average Bonchev–Trinajstić information content (AvgIpc) is 2.90. The molecule has 1 fully saturated rings. The quantitative estimate of drug-likeness (QED) is 0.928. The molecule has 2 aromatic rings. The first-order chi connectivity index (χ1) is 11.5. The largest absolute Gasteiger partial charge is 0.351 e. The van der Waals surface area contributed by atoms with Crippen molar-refractivity contribution in [1.82, 2.24) is 5.32 Å². The zero-order chi connectivity index (χ0) is 17.1. The van der Waals surface area contributed by atoms with Gasteiger partial charge in [-0.25, -0.2) is 0 Å². The normalized spacial score (nSPS) is 17.2. The monoisotopic (exact) mass is 342 g/mol. The van der Waals surface area contributed by atoms with Gasteiger partial charge in [-0.15, -0.1) is 0 Å². The SMILES string of the molecule is Cc1ccc(N2CC(NC(=O)Cc3ccccc3Cl)CC2=O)cc1. The molecular weight excluding hydrogens is 324 g/mol. The molecule has 1 atom stereocenters. The van der Waals surface area contributed by atoms with Crippen molar-refractivity contribution in [2.75, 3.05) is 11.4 Å². The van der Waals surface area contributed by atoms with E-state index in [0.717, 1.165) is 16.8 Å². The number of amides is 2. The van der Waals surface area contributed by atoms with Crippen molar-refractivity contribution in [2.45, 2.75) is 25.8 Å². The first-order valence-corrected chi connectivity index (χ1v) is 8.30. The van der Waals surface area contributed by atoms with Crippen molar-refractivity contribution in [1.29, 1.82) is 0 Å². The fourth-order valence-corrected chi connectivity index (χ4v) is 3.07. The zero-order valence-electron chi connectivity index (χ0n) is 13.5. The second kappa shape index (κ2) is 7.05. The fraction of sp³-hybridized carbons (Fsp3) is 0.263. The molecule has 5 heteroatoms. The minimum absolute atomic E-state index is 0.0295. The Morgan fingerprint density at radius 1 is 1.21 bits per heavy atom. The van der Waals surface area contributed by atoms with Crippen molar-refractivity contribution in [3.63, 3.8) is 0 Å². The number of aryl methyl sites for hydroxylation is 1. The number of hydrogen-bond donors (Lipinski definition) is 1. The Balaban J connectivity index is 1.61. The predicted octanol–water partition coefficient (Wildman–Crippen LogP) is 3.11. The van der Waals surface area contributed by atoms with Crippen LogP contribution >= 0.6 is 11.6 Å². The molecule has 0 aliphatic carbocycles. The Kier molecular flexibility index (Phi) is 4.86. The molecule has 1 unspecified atom stereocenters. The molecule has 1 heterocycles. The fourth-order valence-electron chi connectivity index (χ4n) is 2.87. The predicted molar refractivity (Wildman–Crippen MR) is 95.2 cm³/mol. The molecule has 0 spiro atoms. The Morgan fingerprint density at radius 3 is 2.62 bits per heavy atom. The van der Waals surface area contributed by atoms with Gasteiger partial charge in [-0.2, -0.15) is 0 Å². The van der Waals surface area contributed by atoms with Crippen molar-refractivity contribution in [2.24, 2.45) is 0 Å². The Labute approximate surface area is 146 Å². The van der Waals surface area contributed by atoms with E-state index in [1.54, 1.807) is 11.0 Å². The van der Waals surface area contributed by atoms with Gasteiger partial charge < -0.3 is 10.2 Å². The number of benzene rings is 2.